The molecular formula is C35H34N6O4S2. The predicted molar refractivity (Wildman–Crippen MR) is 184 cm³/mol. The third-order valence-electron chi connectivity index (χ3n) is 8.05. The second-order valence-corrected chi connectivity index (χ2v) is 12.7. The molecule has 1 atom stereocenters. The maximum atomic E-state index is 14.0. The number of carbonyl (C=O) groups excluding carboxylic acids is 2. The van der Waals surface area contributed by atoms with E-state index < -0.39 is 0 Å². The van der Waals surface area contributed by atoms with Crippen molar-refractivity contribution in [3.8, 4) is 17.2 Å². The molecule has 1 N–H and O–H groups in total. The molecule has 6 rings (SSSR count). The van der Waals surface area contributed by atoms with Crippen LogP contribution in [0.2, 0.25) is 0 Å². The lowest BCUT2D eigenvalue weighted by Crippen LogP contribution is -2.29. The van der Waals surface area contributed by atoms with Crippen LogP contribution in [0.25, 0.3) is 5.69 Å². The van der Waals surface area contributed by atoms with E-state index in [2.05, 4.69) is 15.5 Å². The number of rotatable bonds is 11. The van der Waals surface area contributed by atoms with Crippen molar-refractivity contribution in [3.05, 3.63) is 117 Å². The number of hydrogen-bond donors (Lipinski definition) is 1. The minimum atomic E-state index is -0.383. The second-order valence-electron chi connectivity index (χ2n) is 10.9. The molecule has 10 nitrogen and oxygen atoms in total. The van der Waals surface area contributed by atoms with Crippen LogP contribution in [0.5, 0.6) is 11.5 Å². The van der Waals surface area contributed by atoms with Crippen molar-refractivity contribution >= 4 is 40.6 Å². The van der Waals surface area contributed by atoms with Gasteiger partial charge in [-0.2, -0.15) is 5.10 Å². The lowest BCUT2D eigenvalue weighted by Gasteiger charge is -2.24. The van der Waals surface area contributed by atoms with Crippen molar-refractivity contribution in [3.63, 3.8) is 0 Å². The predicted octanol–water partition coefficient (Wildman–Crippen LogP) is 6.36. The van der Waals surface area contributed by atoms with Gasteiger partial charge in [0, 0.05) is 17.5 Å². The molecule has 0 aliphatic carbocycles. The summed E-state index contributed by atoms with van der Waals surface area (Å²) < 4.78 is 13.2. The van der Waals surface area contributed by atoms with Crippen molar-refractivity contribution < 1.29 is 19.1 Å². The molecule has 1 aliphatic heterocycles. The monoisotopic (exact) mass is 666 g/mol. The van der Waals surface area contributed by atoms with Crippen molar-refractivity contribution in [2.75, 3.05) is 20.0 Å². The quantitative estimate of drug-likeness (QED) is 0.163. The number of aryl methyl sites for hydroxylation is 1. The van der Waals surface area contributed by atoms with Crippen molar-refractivity contribution in [1.82, 2.24) is 25.1 Å². The highest BCUT2D eigenvalue weighted by molar-refractivity contribution is 7.99. The van der Waals surface area contributed by atoms with Crippen molar-refractivity contribution in [2.24, 2.45) is 5.10 Å². The highest BCUT2D eigenvalue weighted by Crippen LogP contribution is 2.42. The Hall–Kier alpha value is -4.94. The molecule has 0 fully saturated rings. The number of hydrogen-bond acceptors (Lipinski definition) is 9. The van der Waals surface area contributed by atoms with Gasteiger partial charge in [0.2, 0.25) is 0 Å². The topological polar surface area (TPSA) is 111 Å². The second kappa shape index (κ2) is 14.2. The number of amides is 2. The third kappa shape index (κ3) is 6.65. The average molecular weight is 667 g/mol. The van der Waals surface area contributed by atoms with E-state index in [1.54, 1.807) is 42.7 Å². The van der Waals surface area contributed by atoms with E-state index >= 15 is 0 Å². The van der Waals surface area contributed by atoms with Crippen LogP contribution in [0.15, 0.2) is 94.5 Å². The van der Waals surface area contributed by atoms with Crippen LogP contribution in [0, 0.1) is 13.8 Å². The van der Waals surface area contributed by atoms with Crippen molar-refractivity contribution in [1.29, 1.82) is 0 Å². The minimum absolute atomic E-state index is 0.0589. The highest BCUT2D eigenvalue weighted by atomic mass is 32.2. The zero-order valence-corrected chi connectivity index (χ0v) is 28.1. The summed E-state index contributed by atoms with van der Waals surface area (Å²) >= 11 is 2.87. The number of hydrazone groups is 1. The molecule has 0 radical (unpaired) electrons. The lowest BCUT2D eigenvalue weighted by atomic mass is 9.99. The molecular weight excluding hydrogens is 633 g/mol. The smallest absolute Gasteiger partial charge is 0.253 e. The molecule has 0 saturated carbocycles. The zero-order valence-electron chi connectivity index (χ0n) is 26.5. The summed E-state index contributed by atoms with van der Waals surface area (Å²) in [5.41, 5.74) is 5.24. The Labute approximate surface area is 281 Å². The summed E-state index contributed by atoms with van der Waals surface area (Å²) in [4.78, 5) is 27.9. The van der Waals surface area contributed by atoms with E-state index in [0.717, 1.165) is 33.0 Å². The molecule has 1 aliphatic rings. The van der Waals surface area contributed by atoms with Crippen LogP contribution in [0.1, 0.15) is 50.2 Å². The first-order chi connectivity index (χ1) is 22.9. The number of methoxy groups -OCH3 is 2. The summed E-state index contributed by atoms with van der Waals surface area (Å²) in [6.45, 7) is 4.23. The van der Waals surface area contributed by atoms with E-state index in [9.17, 15) is 9.59 Å². The number of thioether (sulfide) groups is 1. The summed E-state index contributed by atoms with van der Waals surface area (Å²) in [6, 6.07) is 24.3. The summed E-state index contributed by atoms with van der Waals surface area (Å²) in [7, 11) is 3.19. The van der Waals surface area contributed by atoms with Gasteiger partial charge in [-0.1, -0.05) is 60.3 Å². The van der Waals surface area contributed by atoms with E-state index in [-0.39, 0.29) is 30.2 Å². The van der Waals surface area contributed by atoms with Crippen LogP contribution < -0.4 is 14.8 Å². The number of benzene rings is 3. The molecule has 240 valence electrons. The molecule has 0 saturated heterocycles. The van der Waals surface area contributed by atoms with Crippen LogP contribution in [0.4, 0.5) is 0 Å². The van der Waals surface area contributed by atoms with Crippen LogP contribution in [-0.4, -0.2) is 57.3 Å². The summed E-state index contributed by atoms with van der Waals surface area (Å²) in [5.74, 6) is 1.37. The Balaban J connectivity index is 1.29. The number of aromatic nitrogens is 3. The molecule has 2 aromatic heterocycles. The fourth-order valence-electron chi connectivity index (χ4n) is 5.52. The van der Waals surface area contributed by atoms with Gasteiger partial charge < -0.3 is 14.8 Å². The van der Waals surface area contributed by atoms with E-state index in [0.29, 0.717) is 34.5 Å². The minimum Gasteiger partial charge on any atom is -0.493 e. The normalized spacial score (nSPS) is 14.2. The molecule has 0 spiro atoms. The SMILES string of the molecule is COc1cccc([C@H]2CC(c3cccs3)=NN2C(=O)CSc2nnc(CNC(=O)c3ccccc3)n2-c2cccc(C)c2C)c1OC. The first-order valence-electron chi connectivity index (χ1n) is 15.0. The molecule has 47 heavy (non-hydrogen) atoms. The highest BCUT2D eigenvalue weighted by Gasteiger charge is 2.36. The Morgan fingerprint density at radius 2 is 1.77 bits per heavy atom. The largest absolute Gasteiger partial charge is 0.493 e. The van der Waals surface area contributed by atoms with E-state index in [1.165, 1.54) is 11.8 Å². The van der Waals surface area contributed by atoms with Gasteiger partial charge in [0.15, 0.2) is 22.5 Å². The summed E-state index contributed by atoms with van der Waals surface area (Å²) in [6.07, 6.45) is 0.532. The van der Waals surface area contributed by atoms with E-state index in [4.69, 9.17) is 14.6 Å². The molecule has 5 aromatic rings. The van der Waals surface area contributed by atoms with Crippen molar-refractivity contribution in [2.45, 2.75) is 38.0 Å². The van der Waals surface area contributed by atoms with Gasteiger partial charge in [0.25, 0.3) is 11.8 Å². The molecule has 2 amide bonds. The van der Waals surface area contributed by atoms with Gasteiger partial charge in [-0.15, -0.1) is 21.5 Å². The maximum absolute atomic E-state index is 14.0. The van der Waals surface area contributed by atoms with Crippen LogP contribution in [0.3, 0.4) is 0 Å². The standard InChI is InChI=1S/C35H34N6O4S2/c1-22-11-8-15-27(23(22)2)40-31(20-36-34(43)24-12-6-5-7-13-24)37-38-35(40)47-21-32(42)41-28(19-26(39-41)30-17-10-18-46-30)25-14-9-16-29(44-3)33(25)45-4/h5-18,28H,19-21H2,1-4H3,(H,36,43)/t28-/m1/s1. The Morgan fingerprint density at radius 3 is 2.51 bits per heavy atom. The maximum Gasteiger partial charge on any atom is 0.253 e. The average Bonchev–Trinajstić information content (AvgIpc) is 3.88. The molecule has 3 aromatic carbocycles. The number of ether oxygens (including phenoxy) is 2. The first-order valence-corrected chi connectivity index (χ1v) is 16.9. The van der Waals surface area contributed by atoms with Gasteiger partial charge in [0.1, 0.15) is 0 Å². The molecule has 0 unspecified atom stereocenters. The van der Waals surface area contributed by atoms with E-state index in [1.807, 2.05) is 90.5 Å². The van der Waals surface area contributed by atoms with Gasteiger partial charge in [0.05, 0.1) is 48.8 Å². The first kappa shape index (κ1) is 32.0. The van der Waals surface area contributed by atoms with Gasteiger partial charge in [-0.05, 0) is 60.7 Å². The van der Waals surface area contributed by atoms with Gasteiger partial charge >= 0.3 is 0 Å². The van der Waals surface area contributed by atoms with Gasteiger partial charge in [-0.3, -0.25) is 14.2 Å². The molecule has 0 bridgehead atoms. The van der Waals surface area contributed by atoms with Gasteiger partial charge in [-0.25, -0.2) is 5.01 Å². The number of thiophene rings is 1. The zero-order chi connectivity index (χ0) is 32.9. The fourth-order valence-corrected chi connectivity index (χ4v) is 7.06. The number of para-hydroxylation sites is 1. The molecule has 12 heteroatoms. The summed E-state index contributed by atoms with van der Waals surface area (Å²) in [5, 5.41) is 20.8. The Bertz CT molecular complexity index is 1920. The third-order valence-corrected chi connectivity index (χ3v) is 9.88. The Kier molecular flexibility index (Phi) is 9.69. The molecule has 3 heterocycles. The number of nitrogens with one attached hydrogen (secondary N) is 1. The number of carbonyl (C=O) groups is 2. The fraction of sp³-hybridized carbons (Fsp3) is 0.229. The van der Waals surface area contributed by atoms with Crippen LogP contribution in [-0.2, 0) is 11.3 Å². The number of nitrogens with zero attached hydrogens (tertiary/aromatic N) is 5. The lowest BCUT2D eigenvalue weighted by molar-refractivity contribution is -0.130. The Morgan fingerprint density at radius 1 is 0.957 bits per heavy atom. The van der Waals surface area contributed by atoms with Crippen LogP contribution >= 0.6 is 23.1 Å².